The van der Waals surface area contributed by atoms with Crippen LogP contribution in [0.1, 0.15) is 114 Å². The molecule has 174 valence electrons. The number of rotatable bonds is 8. The first-order chi connectivity index (χ1) is 16.1. The van der Waals surface area contributed by atoms with E-state index in [0.717, 1.165) is 32.1 Å². The Morgan fingerprint density at radius 3 is 2.40 bits per heavy atom. The minimum Gasteiger partial charge on any atom is -0.414 e. The van der Waals surface area contributed by atoms with Crippen molar-refractivity contribution >= 4 is 8.32 Å². The quantitative estimate of drug-likeness (QED) is 0.311. The van der Waals surface area contributed by atoms with Crippen molar-refractivity contribution in [2.45, 2.75) is 136 Å². The normalized spacial score (nSPS) is 36.2. The standard InChI is InChI=1S/C27H50O2Si/c1-11-17-26(7,19-13-18-25(5,6)28)23-16-15-21-22(14-12-20-27(21,23)8)29-30(9,10)24(2,3)4/h1,21-23,28H,12-20H2,2-10H3/t21-,22-,23+,26-,27-/m0/s1/i5D3,6D3. The van der Waals surface area contributed by atoms with Gasteiger partial charge in [-0.2, -0.15) is 0 Å². The molecular formula is C27H50O2Si. The molecule has 5 atom stereocenters. The highest BCUT2D eigenvalue weighted by atomic mass is 28.4. The molecule has 0 aromatic heterocycles. The molecule has 0 aromatic carbocycles. The predicted molar refractivity (Wildman–Crippen MR) is 132 cm³/mol. The summed E-state index contributed by atoms with van der Waals surface area (Å²) in [4.78, 5) is 0. The van der Waals surface area contributed by atoms with Gasteiger partial charge in [-0.15, -0.1) is 12.3 Å². The van der Waals surface area contributed by atoms with Crippen LogP contribution in [-0.2, 0) is 4.43 Å². The highest BCUT2D eigenvalue weighted by molar-refractivity contribution is 6.74. The fraction of sp³-hybridized carbons (Fsp3) is 0.926. The van der Waals surface area contributed by atoms with E-state index in [2.05, 4.69) is 53.6 Å². The molecule has 0 aromatic rings. The fourth-order valence-corrected chi connectivity index (χ4v) is 7.72. The molecule has 0 amide bonds. The molecule has 2 aliphatic carbocycles. The number of hydrogen-bond acceptors (Lipinski definition) is 2. The van der Waals surface area contributed by atoms with Crippen molar-refractivity contribution < 1.29 is 17.8 Å². The summed E-state index contributed by atoms with van der Waals surface area (Å²) in [7, 11) is -1.91. The molecule has 0 radical (unpaired) electrons. The summed E-state index contributed by atoms with van der Waals surface area (Å²) in [6.45, 7) is 10.1. The summed E-state index contributed by atoms with van der Waals surface area (Å²) in [5.41, 5.74) is -2.91. The number of terminal acetylenes is 1. The Morgan fingerprint density at radius 1 is 1.17 bits per heavy atom. The van der Waals surface area contributed by atoms with Gasteiger partial charge in [0.25, 0.3) is 0 Å². The number of hydrogen-bond donors (Lipinski definition) is 1. The van der Waals surface area contributed by atoms with Crippen LogP contribution in [-0.4, -0.2) is 25.1 Å². The molecule has 0 aliphatic heterocycles. The van der Waals surface area contributed by atoms with Crippen molar-refractivity contribution in [2.24, 2.45) is 22.7 Å². The van der Waals surface area contributed by atoms with Crippen LogP contribution in [0.4, 0.5) is 0 Å². The van der Waals surface area contributed by atoms with Crippen LogP contribution in [0.25, 0.3) is 0 Å². The van der Waals surface area contributed by atoms with Crippen LogP contribution >= 0.6 is 0 Å². The van der Waals surface area contributed by atoms with Gasteiger partial charge < -0.3 is 9.53 Å². The second-order valence-corrected chi connectivity index (χ2v) is 17.1. The molecule has 0 spiro atoms. The summed E-state index contributed by atoms with van der Waals surface area (Å²) in [6.07, 6.45) is 12.7. The zero-order chi connectivity index (χ0) is 28.0. The topological polar surface area (TPSA) is 29.5 Å². The van der Waals surface area contributed by atoms with Gasteiger partial charge in [0.15, 0.2) is 8.32 Å². The average molecular weight is 441 g/mol. The summed E-state index contributed by atoms with van der Waals surface area (Å²) in [5, 5.41) is 10.9. The van der Waals surface area contributed by atoms with E-state index < -0.39 is 27.6 Å². The third-order valence-corrected chi connectivity index (χ3v) is 13.5. The van der Waals surface area contributed by atoms with Crippen LogP contribution in [0.5, 0.6) is 0 Å². The van der Waals surface area contributed by atoms with Gasteiger partial charge in [0.05, 0.1) is 5.60 Å². The molecule has 2 fully saturated rings. The highest BCUT2D eigenvalue weighted by Crippen LogP contribution is 2.63. The Balaban J connectivity index is 2.27. The van der Waals surface area contributed by atoms with E-state index in [9.17, 15) is 5.11 Å². The lowest BCUT2D eigenvalue weighted by atomic mass is 9.56. The fourth-order valence-electron chi connectivity index (χ4n) is 6.33. The maximum atomic E-state index is 10.7. The Bertz CT molecular complexity index is 795. The average Bonchev–Trinajstić information content (AvgIpc) is 3.04. The zero-order valence-electron chi connectivity index (χ0n) is 26.5. The minimum atomic E-state index is -2.98. The zero-order valence-corrected chi connectivity index (χ0v) is 21.5. The molecule has 0 bridgehead atoms. The van der Waals surface area contributed by atoms with Gasteiger partial charge >= 0.3 is 0 Å². The van der Waals surface area contributed by atoms with E-state index >= 15 is 0 Å². The van der Waals surface area contributed by atoms with Gasteiger partial charge in [0, 0.05) is 20.7 Å². The number of aliphatic hydroxyl groups is 1. The van der Waals surface area contributed by atoms with E-state index in [1.807, 2.05) is 0 Å². The molecule has 2 rings (SSSR count). The van der Waals surface area contributed by atoms with Gasteiger partial charge in [-0.25, -0.2) is 0 Å². The molecule has 0 heterocycles. The van der Waals surface area contributed by atoms with Gasteiger partial charge in [-0.3, -0.25) is 0 Å². The van der Waals surface area contributed by atoms with Gasteiger partial charge in [0.2, 0.25) is 0 Å². The monoisotopic (exact) mass is 440 g/mol. The Morgan fingerprint density at radius 2 is 1.83 bits per heavy atom. The third-order valence-electron chi connectivity index (χ3n) is 8.95. The molecule has 1 N–H and O–H groups in total. The van der Waals surface area contributed by atoms with Crippen molar-refractivity contribution in [3.63, 3.8) is 0 Å². The van der Waals surface area contributed by atoms with Crippen LogP contribution in [0.3, 0.4) is 0 Å². The van der Waals surface area contributed by atoms with Crippen LogP contribution < -0.4 is 0 Å². The lowest BCUT2D eigenvalue weighted by Crippen LogP contribution is -2.51. The first kappa shape index (κ1) is 18.2. The first-order valence-electron chi connectivity index (χ1n) is 14.9. The minimum absolute atomic E-state index is 0.0707. The summed E-state index contributed by atoms with van der Waals surface area (Å²) in [6, 6.07) is 0. The highest BCUT2D eigenvalue weighted by Gasteiger charge is 2.57. The van der Waals surface area contributed by atoms with Crippen LogP contribution in [0, 0.1) is 35.0 Å². The lowest BCUT2D eigenvalue weighted by molar-refractivity contribution is -0.0444. The summed E-state index contributed by atoms with van der Waals surface area (Å²) < 4.78 is 53.1. The number of fused-ring (bicyclic) bond motifs is 1. The van der Waals surface area contributed by atoms with Crippen molar-refractivity contribution in [2.75, 3.05) is 0 Å². The lowest BCUT2D eigenvalue weighted by Gasteiger charge is -2.52. The van der Waals surface area contributed by atoms with Crippen LogP contribution in [0.2, 0.25) is 18.1 Å². The van der Waals surface area contributed by atoms with E-state index in [0.29, 0.717) is 31.1 Å². The molecule has 30 heavy (non-hydrogen) atoms. The molecule has 0 saturated heterocycles. The third kappa shape index (κ3) is 5.54. The molecule has 2 saturated carbocycles. The van der Waals surface area contributed by atoms with E-state index in [1.165, 1.54) is 0 Å². The molecular weight excluding hydrogens is 384 g/mol. The molecule has 3 heteroatoms. The predicted octanol–water partition coefficient (Wildman–Crippen LogP) is 7.56. The second kappa shape index (κ2) is 8.91. The van der Waals surface area contributed by atoms with E-state index in [4.69, 9.17) is 19.1 Å². The Hall–Kier alpha value is -0.303. The van der Waals surface area contributed by atoms with Crippen molar-refractivity contribution in [3.8, 4) is 12.3 Å². The first-order valence-corrected chi connectivity index (χ1v) is 14.8. The molecule has 0 unspecified atom stereocenters. The smallest absolute Gasteiger partial charge is 0.192 e. The Kier molecular flexibility index (Phi) is 5.40. The van der Waals surface area contributed by atoms with Crippen molar-refractivity contribution in [1.82, 2.24) is 0 Å². The maximum Gasteiger partial charge on any atom is 0.192 e. The largest absolute Gasteiger partial charge is 0.414 e. The Labute approximate surface area is 197 Å². The van der Waals surface area contributed by atoms with E-state index in [1.54, 1.807) is 0 Å². The van der Waals surface area contributed by atoms with Gasteiger partial charge in [-0.05, 0) is 93.0 Å². The van der Waals surface area contributed by atoms with Crippen molar-refractivity contribution in [3.05, 3.63) is 0 Å². The molecule has 2 nitrogen and oxygen atoms in total. The summed E-state index contributed by atoms with van der Waals surface area (Å²) >= 11 is 0. The SMILES string of the molecule is [2H]C([2H])([2H])C(O)(CCC[C@](C)(CC#C)[C@H]1CC[C@H]2[C@@H](O[Si](C)(C)C(C)(C)C)CCC[C@]12C)C([2H])([2H])[2H]. The second-order valence-electron chi connectivity index (χ2n) is 12.3. The summed E-state index contributed by atoms with van der Waals surface area (Å²) in [5.74, 6) is 3.67. The maximum absolute atomic E-state index is 10.7. The van der Waals surface area contributed by atoms with Gasteiger partial charge in [-0.1, -0.05) is 47.5 Å². The van der Waals surface area contributed by atoms with Crippen molar-refractivity contribution in [1.29, 1.82) is 0 Å². The van der Waals surface area contributed by atoms with E-state index in [-0.39, 0.29) is 28.4 Å². The van der Waals surface area contributed by atoms with Gasteiger partial charge in [0.1, 0.15) is 0 Å². The molecule has 2 aliphatic rings. The van der Waals surface area contributed by atoms with Crippen LogP contribution in [0.15, 0.2) is 0 Å².